The summed E-state index contributed by atoms with van der Waals surface area (Å²) in [5.74, 6) is 2.53. The SMILES string of the molecule is CCOc1ccc(-c2ccc([C@@H]3[C@@H](c4ccccn4)NC(=S)N3c3ccc(OC)c(NS(C)(=O)=O)c3)o2)cc1. The maximum Gasteiger partial charge on any atom is 0.229 e. The van der Waals surface area contributed by atoms with E-state index in [1.165, 1.54) is 7.11 Å². The Morgan fingerprint density at radius 1 is 1.10 bits per heavy atom. The maximum atomic E-state index is 12.0. The highest BCUT2D eigenvalue weighted by atomic mass is 32.2. The summed E-state index contributed by atoms with van der Waals surface area (Å²) in [6, 6.07) is 21.7. The summed E-state index contributed by atoms with van der Waals surface area (Å²) in [7, 11) is -2.07. The summed E-state index contributed by atoms with van der Waals surface area (Å²) >= 11 is 5.79. The number of ether oxygens (including phenoxy) is 2. The van der Waals surface area contributed by atoms with Crippen molar-refractivity contribution in [1.82, 2.24) is 10.3 Å². The van der Waals surface area contributed by atoms with Gasteiger partial charge < -0.3 is 24.1 Å². The molecule has 0 radical (unpaired) electrons. The van der Waals surface area contributed by atoms with Crippen molar-refractivity contribution in [3.63, 3.8) is 0 Å². The quantitative estimate of drug-likeness (QED) is 0.262. The van der Waals surface area contributed by atoms with Crippen LogP contribution in [0.25, 0.3) is 11.3 Å². The summed E-state index contributed by atoms with van der Waals surface area (Å²) in [6.45, 7) is 2.54. The molecule has 3 heterocycles. The minimum atomic E-state index is -3.55. The summed E-state index contributed by atoms with van der Waals surface area (Å²) in [5, 5.41) is 3.83. The Balaban J connectivity index is 1.57. The number of pyridine rings is 1. The van der Waals surface area contributed by atoms with E-state index >= 15 is 0 Å². The number of methoxy groups -OCH3 is 1. The summed E-state index contributed by atoms with van der Waals surface area (Å²) in [6.07, 6.45) is 2.82. The van der Waals surface area contributed by atoms with Gasteiger partial charge in [0.15, 0.2) is 5.11 Å². The van der Waals surface area contributed by atoms with E-state index in [0.717, 1.165) is 23.3 Å². The molecule has 0 aliphatic carbocycles. The molecule has 0 unspecified atom stereocenters. The molecule has 5 rings (SSSR count). The maximum absolute atomic E-state index is 12.0. The standard InChI is InChI=1S/C28H28N4O5S2/c1-4-36-20-11-8-18(9-12-20)23-14-15-25(37-23)27-26(21-7-5-6-16-29-21)30-28(38)32(27)19-10-13-24(35-2)22(17-19)31-39(3,33)34/h5-17,26-27,31H,4H2,1-3H3,(H,30,38)/t26-,27-/m1/s1. The van der Waals surface area contributed by atoms with Crippen molar-refractivity contribution in [2.24, 2.45) is 0 Å². The average molecular weight is 565 g/mol. The van der Waals surface area contributed by atoms with Crippen LogP contribution in [0.5, 0.6) is 11.5 Å². The van der Waals surface area contributed by atoms with Gasteiger partial charge >= 0.3 is 0 Å². The van der Waals surface area contributed by atoms with Gasteiger partial charge in [-0.3, -0.25) is 9.71 Å². The predicted molar refractivity (Wildman–Crippen MR) is 155 cm³/mol. The zero-order valence-corrected chi connectivity index (χ0v) is 23.3. The molecule has 1 aliphatic heterocycles. The second-order valence-electron chi connectivity index (χ2n) is 8.91. The van der Waals surface area contributed by atoms with E-state index in [0.29, 0.717) is 40.4 Å². The molecule has 1 fully saturated rings. The van der Waals surface area contributed by atoms with E-state index in [4.69, 9.17) is 26.1 Å². The summed E-state index contributed by atoms with van der Waals surface area (Å²) in [4.78, 5) is 6.47. The molecule has 2 N–H and O–H groups in total. The molecule has 1 saturated heterocycles. The van der Waals surface area contributed by atoms with Crippen molar-refractivity contribution in [2.75, 3.05) is 29.6 Å². The largest absolute Gasteiger partial charge is 0.495 e. The summed E-state index contributed by atoms with van der Waals surface area (Å²) < 4.78 is 44.0. The molecule has 202 valence electrons. The fourth-order valence-electron chi connectivity index (χ4n) is 4.60. The van der Waals surface area contributed by atoms with Crippen LogP contribution in [0.2, 0.25) is 0 Å². The van der Waals surface area contributed by atoms with Gasteiger partial charge in [0.25, 0.3) is 0 Å². The highest BCUT2D eigenvalue weighted by Crippen LogP contribution is 2.44. The van der Waals surface area contributed by atoms with Crippen LogP contribution in [0.15, 0.2) is 83.4 Å². The topological polar surface area (TPSA) is 106 Å². The molecular weight excluding hydrogens is 536 g/mol. The van der Waals surface area contributed by atoms with Crippen LogP contribution in [-0.2, 0) is 10.0 Å². The number of anilines is 2. The van der Waals surface area contributed by atoms with Crippen molar-refractivity contribution in [3.05, 3.63) is 90.4 Å². The number of sulfonamides is 1. The molecule has 0 amide bonds. The molecule has 39 heavy (non-hydrogen) atoms. The van der Waals surface area contributed by atoms with Crippen LogP contribution in [0.1, 0.15) is 30.5 Å². The third-order valence-corrected chi connectivity index (χ3v) is 7.13. The lowest BCUT2D eigenvalue weighted by Gasteiger charge is -2.27. The Labute approximate surface area is 232 Å². The Hall–Kier alpha value is -4.09. The number of hydrogen-bond donors (Lipinski definition) is 2. The first-order valence-corrected chi connectivity index (χ1v) is 14.6. The zero-order valence-electron chi connectivity index (χ0n) is 21.6. The molecular formula is C28H28N4O5S2. The fourth-order valence-corrected chi connectivity index (χ4v) is 5.50. The first kappa shape index (κ1) is 26.5. The molecule has 9 nitrogen and oxygen atoms in total. The third-order valence-electron chi connectivity index (χ3n) is 6.22. The zero-order chi connectivity index (χ0) is 27.6. The van der Waals surface area contributed by atoms with Crippen molar-refractivity contribution < 1.29 is 22.3 Å². The van der Waals surface area contributed by atoms with Gasteiger partial charge in [-0.2, -0.15) is 0 Å². The van der Waals surface area contributed by atoms with Gasteiger partial charge in [-0.15, -0.1) is 0 Å². The molecule has 0 spiro atoms. The molecule has 11 heteroatoms. The van der Waals surface area contributed by atoms with Crippen molar-refractivity contribution in [1.29, 1.82) is 0 Å². The molecule has 2 atom stereocenters. The lowest BCUT2D eigenvalue weighted by molar-refractivity contribution is 0.340. The van der Waals surface area contributed by atoms with Crippen molar-refractivity contribution in [2.45, 2.75) is 19.0 Å². The van der Waals surface area contributed by atoms with Gasteiger partial charge in [0.2, 0.25) is 10.0 Å². The normalized spacial score (nSPS) is 17.1. The van der Waals surface area contributed by atoms with E-state index < -0.39 is 16.1 Å². The van der Waals surface area contributed by atoms with Gasteiger partial charge in [0.1, 0.15) is 29.1 Å². The number of furan rings is 1. The number of benzene rings is 2. The van der Waals surface area contributed by atoms with Crippen molar-refractivity contribution >= 4 is 38.7 Å². The lowest BCUT2D eigenvalue weighted by Crippen LogP contribution is -2.29. The number of nitrogens with zero attached hydrogens (tertiary/aromatic N) is 2. The average Bonchev–Trinajstić information content (AvgIpc) is 3.53. The minimum absolute atomic E-state index is 0.301. The van der Waals surface area contributed by atoms with E-state index in [1.54, 1.807) is 18.3 Å². The highest BCUT2D eigenvalue weighted by molar-refractivity contribution is 7.92. The van der Waals surface area contributed by atoms with Gasteiger partial charge in [-0.05, 0) is 85.9 Å². The van der Waals surface area contributed by atoms with E-state index in [1.807, 2.05) is 72.5 Å². The monoisotopic (exact) mass is 564 g/mol. The predicted octanol–water partition coefficient (Wildman–Crippen LogP) is 5.30. The number of nitrogens with one attached hydrogen (secondary N) is 2. The summed E-state index contributed by atoms with van der Waals surface area (Å²) in [5.41, 5.74) is 2.65. The number of thiocarbonyl (C=S) groups is 1. The smallest absolute Gasteiger partial charge is 0.229 e. The van der Waals surface area contributed by atoms with E-state index in [2.05, 4.69) is 15.0 Å². The lowest BCUT2D eigenvalue weighted by atomic mass is 10.0. The second-order valence-corrected chi connectivity index (χ2v) is 11.0. The van der Waals surface area contributed by atoms with Gasteiger partial charge in [0.05, 0.1) is 37.4 Å². The molecule has 1 aliphatic rings. The fraction of sp³-hybridized carbons (Fsp3) is 0.214. The molecule has 0 saturated carbocycles. The molecule has 2 aromatic heterocycles. The van der Waals surface area contributed by atoms with Crippen LogP contribution in [0.4, 0.5) is 11.4 Å². The van der Waals surface area contributed by atoms with Crippen LogP contribution < -0.4 is 24.4 Å². The molecule has 0 bridgehead atoms. The Morgan fingerprint density at radius 3 is 2.56 bits per heavy atom. The van der Waals surface area contributed by atoms with Crippen LogP contribution >= 0.6 is 12.2 Å². The van der Waals surface area contributed by atoms with Crippen LogP contribution in [0, 0.1) is 0 Å². The third kappa shape index (κ3) is 5.69. The van der Waals surface area contributed by atoms with E-state index in [-0.39, 0.29) is 6.04 Å². The Kier molecular flexibility index (Phi) is 7.45. The molecule has 2 aromatic carbocycles. The van der Waals surface area contributed by atoms with E-state index in [9.17, 15) is 8.42 Å². The van der Waals surface area contributed by atoms with Crippen LogP contribution in [-0.4, -0.2) is 38.5 Å². The van der Waals surface area contributed by atoms with Gasteiger partial charge in [0, 0.05) is 17.4 Å². The first-order valence-electron chi connectivity index (χ1n) is 12.3. The Morgan fingerprint density at radius 2 is 1.90 bits per heavy atom. The van der Waals surface area contributed by atoms with Crippen LogP contribution in [0.3, 0.4) is 0 Å². The number of hydrogen-bond acceptors (Lipinski definition) is 7. The van der Waals surface area contributed by atoms with Crippen molar-refractivity contribution in [3.8, 4) is 22.8 Å². The Bertz CT molecular complexity index is 1570. The second kappa shape index (κ2) is 11.0. The minimum Gasteiger partial charge on any atom is -0.495 e. The van der Waals surface area contributed by atoms with Gasteiger partial charge in [-0.1, -0.05) is 6.07 Å². The first-order chi connectivity index (χ1) is 18.8. The number of aromatic nitrogens is 1. The number of rotatable bonds is 9. The highest BCUT2D eigenvalue weighted by Gasteiger charge is 2.42. The van der Waals surface area contributed by atoms with Gasteiger partial charge in [-0.25, -0.2) is 8.42 Å². The molecule has 4 aromatic rings.